The lowest BCUT2D eigenvalue weighted by Gasteiger charge is -2.15. The van der Waals surface area contributed by atoms with E-state index in [9.17, 15) is 8.42 Å². The minimum absolute atomic E-state index is 0.190. The van der Waals surface area contributed by atoms with Crippen molar-refractivity contribution >= 4 is 9.84 Å². The van der Waals surface area contributed by atoms with Crippen LogP contribution in [0, 0.1) is 11.8 Å². The Labute approximate surface area is 92.2 Å². The first kappa shape index (κ1) is 12.2. The van der Waals surface area contributed by atoms with Gasteiger partial charge in [0.05, 0.1) is 10.6 Å². The molecule has 84 valence electrons. The summed E-state index contributed by atoms with van der Waals surface area (Å²) < 4.78 is 23.9. The molecule has 15 heavy (non-hydrogen) atoms. The molecular weight excluding hydrogens is 208 g/mol. The number of hydrogen-bond acceptors (Lipinski definition) is 2. The molecule has 0 radical (unpaired) electrons. The summed E-state index contributed by atoms with van der Waals surface area (Å²) in [6, 6.07) is 8.65. The van der Waals surface area contributed by atoms with Gasteiger partial charge in [-0.05, 0) is 24.0 Å². The van der Waals surface area contributed by atoms with Gasteiger partial charge in [-0.25, -0.2) is 8.42 Å². The maximum absolute atomic E-state index is 11.9. The van der Waals surface area contributed by atoms with E-state index in [1.54, 1.807) is 24.3 Å². The summed E-state index contributed by atoms with van der Waals surface area (Å²) in [6.45, 7) is 6.07. The Balaban J connectivity index is 2.86. The highest BCUT2D eigenvalue weighted by atomic mass is 32.2. The fourth-order valence-corrected chi connectivity index (χ4v) is 3.10. The second kappa shape index (κ2) is 4.79. The molecule has 0 aliphatic carbocycles. The molecule has 0 N–H and O–H groups in total. The Morgan fingerprint density at radius 2 is 1.60 bits per heavy atom. The van der Waals surface area contributed by atoms with Crippen molar-refractivity contribution in [3.63, 3.8) is 0 Å². The topological polar surface area (TPSA) is 34.1 Å². The Kier molecular flexibility index (Phi) is 3.91. The number of sulfone groups is 1. The predicted molar refractivity (Wildman–Crippen MR) is 62.5 cm³/mol. The average molecular weight is 226 g/mol. The third-order valence-corrected chi connectivity index (χ3v) is 4.68. The zero-order valence-corrected chi connectivity index (χ0v) is 10.3. The first-order chi connectivity index (χ1) is 6.93. The molecule has 0 fully saturated rings. The highest BCUT2D eigenvalue weighted by molar-refractivity contribution is 7.91. The second-order valence-electron chi connectivity index (χ2n) is 4.32. The standard InChI is InChI=1S/C12H18O2S/c1-10(2)11(3)9-15(13,14)12-7-5-4-6-8-12/h4-8,10-11H,9H2,1-3H3/t11-/m1/s1. The third kappa shape index (κ3) is 3.34. The zero-order valence-electron chi connectivity index (χ0n) is 9.47. The van der Waals surface area contributed by atoms with Crippen LogP contribution in [0.25, 0.3) is 0 Å². The fourth-order valence-electron chi connectivity index (χ4n) is 1.26. The summed E-state index contributed by atoms with van der Waals surface area (Å²) >= 11 is 0. The Bertz CT molecular complexity index is 393. The lowest BCUT2D eigenvalue weighted by atomic mass is 10.0. The quantitative estimate of drug-likeness (QED) is 0.791. The molecule has 0 aromatic heterocycles. The Morgan fingerprint density at radius 1 is 1.07 bits per heavy atom. The van der Waals surface area contributed by atoms with Crippen molar-refractivity contribution in [3.8, 4) is 0 Å². The van der Waals surface area contributed by atoms with Crippen LogP contribution in [0.5, 0.6) is 0 Å². The minimum Gasteiger partial charge on any atom is -0.224 e. The summed E-state index contributed by atoms with van der Waals surface area (Å²) in [4.78, 5) is 0.428. The second-order valence-corrected chi connectivity index (χ2v) is 6.35. The van der Waals surface area contributed by atoms with Crippen molar-refractivity contribution < 1.29 is 8.42 Å². The van der Waals surface area contributed by atoms with Crippen molar-refractivity contribution in [3.05, 3.63) is 30.3 Å². The van der Waals surface area contributed by atoms with E-state index in [-0.39, 0.29) is 11.7 Å². The van der Waals surface area contributed by atoms with Gasteiger partial charge in [0.15, 0.2) is 9.84 Å². The van der Waals surface area contributed by atoms with Gasteiger partial charge in [-0.2, -0.15) is 0 Å². The molecule has 0 aliphatic rings. The van der Waals surface area contributed by atoms with Gasteiger partial charge in [0.25, 0.3) is 0 Å². The first-order valence-electron chi connectivity index (χ1n) is 5.21. The lowest BCUT2D eigenvalue weighted by molar-refractivity contribution is 0.452. The molecule has 0 amide bonds. The van der Waals surface area contributed by atoms with Gasteiger partial charge in [0.1, 0.15) is 0 Å². The molecule has 0 unspecified atom stereocenters. The summed E-state index contributed by atoms with van der Waals surface area (Å²) in [5, 5.41) is 0. The van der Waals surface area contributed by atoms with E-state index in [0.717, 1.165) is 0 Å². The van der Waals surface area contributed by atoms with E-state index in [4.69, 9.17) is 0 Å². The monoisotopic (exact) mass is 226 g/mol. The maximum Gasteiger partial charge on any atom is 0.178 e. The fraction of sp³-hybridized carbons (Fsp3) is 0.500. The van der Waals surface area contributed by atoms with Crippen LogP contribution in [0.2, 0.25) is 0 Å². The zero-order chi connectivity index (χ0) is 11.5. The van der Waals surface area contributed by atoms with Crippen LogP contribution in [0.1, 0.15) is 20.8 Å². The highest BCUT2D eigenvalue weighted by Gasteiger charge is 2.19. The molecule has 0 saturated carbocycles. The van der Waals surface area contributed by atoms with Crippen molar-refractivity contribution in [2.24, 2.45) is 11.8 Å². The molecule has 1 aromatic rings. The number of rotatable bonds is 4. The molecule has 0 aliphatic heterocycles. The van der Waals surface area contributed by atoms with Crippen molar-refractivity contribution in [1.29, 1.82) is 0 Å². The number of benzene rings is 1. The van der Waals surface area contributed by atoms with E-state index in [0.29, 0.717) is 10.8 Å². The molecule has 0 saturated heterocycles. The van der Waals surface area contributed by atoms with Crippen LogP contribution in [0.4, 0.5) is 0 Å². The van der Waals surface area contributed by atoms with Gasteiger partial charge in [-0.15, -0.1) is 0 Å². The molecule has 2 nitrogen and oxygen atoms in total. The summed E-state index contributed by atoms with van der Waals surface area (Å²) in [6.07, 6.45) is 0. The minimum atomic E-state index is -3.10. The molecular formula is C12H18O2S. The molecule has 0 heterocycles. The van der Waals surface area contributed by atoms with Gasteiger partial charge in [0.2, 0.25) is 0 Å². The average Bonchev–Trinajstić information content (AvgIpc) is 2.18. The highest BCUT2D eigenvalue weighted by Crippen LogP contribution is 2.18. The van der Waals surface area contributed by atoms with E-state index < -0.39 is 9.84 Å². The normalized spacial score (nSPS) is 14.1. The smallest absolute Gasteiger partial charge is 0.178 e. The van der Waals surface area contributed by atoms with Gasteiger partial charge < -0.3 is 0 Å². The first-order valence-corrected chi connectivity index (χ1v) is 6.86. The van der Waals surface area contributed by atoms with Gasteiger partial charge in [0, 0.05) is 0 Å². The lowest BCUT2D eigenvalue weighted by Crippen LogP contribution is -2.18. The van der Waals surface area contributed by atoms with E-state index in [2.05, 4.69) is 0 Å². The SMILES string of the molecule is CC(C)[C@H](C)CS(=O)(=O)c1ccccc1. The Hall–Kier alpha value is -0.830. The van der Waals surface area contributed by atoms with Crippen molar-refractivity contribution in [2.75, 3.05) is 5.75 Å². The van der Waals surface area contributed by atoms with E-state index in [1.165, 1.54) is 0 Å². The predicted octanol–water partition coefficient (Wildman–Crippen LogP) is 2.75. The van der Waals surface area contributed by atoms with Crippen LogP contribution in [-0.2, 0) is 9.84 Å². The third-order valence-electron chi connectivity index (χ3n) is 2.72. The maximum atomic E-state index is 11.9. The Morgan fingerprint density at radius 3 is 2.07 bits per heavy atom. The van der Waals surface area contributed by atoms with Gasteiger partial charge in [-0.1, -0.05) is 39.0 Å². The summed E-state index contributed by atoms with van der Waals surface area (Å²) in [5.74, 6) is 0.813. The van der Waals surface area contributed by atoms with Crippen LogP contribution < -0.4 is 0 Å². The molecule has 1 atom stereocenters. The van der Waals surface area contributed by atoms with Crippen LogP contribution in [0.3, 0.4) is 0 Å². The largest absolute Gasteiger partial charge is 0.224 e. The molecule has 0 bridgehead atoms. The number of hydrogen-bond donors (Lipinski definition) is 0. The van der Waals surface area contributed by atoms with E-state index in [1.807, 2.05) is 26.8 Å². The molecule has 1 aromatic carbocycles. The van der Waals surface area contributed by atoms with Gasteiger partial charge in [-0.3, -0.25) is 0 Å². The van der Waals surface area contributed by atoms with Crippen molar-refractivity contribution in [2.45, 2.75) is 25.7 Å². The molecule has 3 heteroatoms. The van der Waals surface area contributed by atoms with Crippen LogP contribution >= 0.6 is 0 Å². The van der Waals surface area contributed by atoms with Crippen LogP contribution in [-0.4, -0.2) is 14.2 Å². The molecule has 1 rings (SSSR count). The van der Waals surface area contributed by atoms with Gasteiger partial charge >= 0.3 is 0 Å². The molecule has 0 spiro atoms. The van der Waals surface area contributed by atoms with Crippen molar-refractivity contribution in [1.82, 2.24) is 0 Å². The summed E-state index contributed by atoms with van der Waals surface area (Å²) in [5.41, 5.74) is 0. The summed E-state index contributed by atoms with van der Waals surface area (Å²) in [7, 11) is -3.10. The van der Waals surface area contributed by atoms with E-state index >= 15 is 0 Å². The van der Waals surface area contributed by atoms with Crippen LogP contribution in [0.15, 0.2) is 35.2 Å².